The summed E-state index contributed by atoms with van der Waals surface area (Å²) in [4.78, 5) is 17.2. The summed E-state index contributed by atoms with van der Waals surface area (Å²) >= 11 is 3.40. The van der Waals surface area contributed by atoms with Crippen LogP contribution < -0.4 is 5.69 Å². The van der Waals surface area contributed by atoms with Crippen molar-refractivity contribution in [2.75, 3.05) is 0 Å². The molecule has 148 valence electrons. The predicted octanol–water partition coefficient (Wildman–Crippen LogP) is 3.73. The molecule has 0 atom stereocenters. The van der Waals surface area contributed by atoms with Crippen molar-refractivity contribution < 1.29 is 4.52 Å². The van der Waals surface area contributed by atoms with Crippen LogP contribution in [-0.2, 0) is 6.54 Å². The van der Waals surface area contributed by atoms with E-state index in [0.717, 1.165) is 21.2 Å². The molecule has 0 amide bonds. The van der Waals surface area contributed by atoms with Crippen molar-refractivity contribution in [1.29, 1.82) is 0 Å². The molecule has 0 fully saturated rings. The Morgan fingerprint density at radius 1 is 0.933 bits per heavy atom. The molecule has 0 aliphatic heterocycles. The summed E-state index contributed by atoms with van der Waals surface area (Å²) in [6.45, 7) is 2.08. The number of fused-ring (bicyclic) bond motifs is 1. The van der Waals surface area contributed by atoms with Gasteiger partial charge in [-0.05, 0) is 43.3 Å². The van der Waals surface area contributed by atoms with Gasteiger partial charge in [-0.3, -0.25) is 0 Å². The number of hydrogen-bond donors (Lipinski definition) is 0. The van der Waals surface area contributed by atoms with Crippen molar-refractivity contribution in [3.05, 3.63) is 87.1 Å². The number of halogens is 1. The van der Waals surface area contributed by atoms with Crippen LogP contribution in [0.5, 0.6) is 0 Å². The minimum Gasteiger partial charge on any atom is -0.337 e. The highest BCUT2D eigenvalue weighted by Gasteiger charge is 2.14. The number of nitrogens with zero attached hydrogens (tertiary/aromatic N) is 6. The zero-order valence-corrected chi connectivity index (χ0v) is 17.4. The van der Waals surface area contributed by atoms with Gasteiger partial charge in [0, 0.05) is 15.6 Å². The normalized spacial score (nSPS) is 11.3. The van der Waals surface area contributed by atoms with Crippen molar-refractivity contribution in [2.24, 2.45) is 0 Å². The Morgan fingerprint density at radius 2 is 1.67 bits per heavy atom. The molecule has 0 radical (unpaired) electrons. The number of aromatic nitrogens is 6. The number of benzene rings is 2. The minimum atomic E-state index is -0.373. The Balaban J connectivity index is 1.45. The van der Waals surface area contributed by atoms with E-state index in [1.54, 1.807) is 6.07 Å². The zero-order chi connectivity index (χ0) is 20.7. The van der Waals surface area contributed by atoms with Gasteiger partial charge in [-0.2, -0.15) is 14.6 Å². The molecule has 0 spiro atoms. The van der Waals surface area contributed by atoms with Gasteiger partial charge >= 0.3 is 5.69 Å². The highest BCUT2D eigenvalue weighted by molar-refractivity contribution is 9.10. The lowest BCUT2D eigenvalue weighted by atomic mass is 10.1. The van der Waals surface area contributed by atoms with Crippen LogP contribution >= 0.6 is 15.9 Å². The van der Waals surface area contributed by atoms with Gasteiger partial charge in [0.05, 0.1) is 5.69 Å². The molecule has 3 aromatic heterocycles. The van der Waals surface area contributed by atoms with Crippen LogP contribution in [0.25, 0.3) is 28.3 Å². The minimum absolute atomic E-state index is 0.0611. The van der Waals surface area contributed by atoms with Crippen LogP contribution in [0, 0.1) is 6.92 Å². The first-order valence-electron chi connectivity index (χ1n) is 9.19. The van der Waals surface area contributed by atoms with Crippen molar-refractivity contribution >= 4 is 21.6 Å². The third-order valence-electron chi connectivity index (χ3n) is 4.64. The highest BCUT2D eigenvalue weighted by Crippen LogP contribution is 2.19. The largest absolute Gasteiger partial charge is 0.367 e. The molecular formula is C21H15BrN6O2. The first-order valence-corrected chi connectivity index (χ1v) is 9.98. The lowest BCUT2D eigenvalue weighted by Crippen LogP contribution is -2.23. The molecule has 3 heterocycles. The molecular weight excluding hydrogens is 448 g/mol. The summed E-state index contributed by atoms with van der Waals surface area (Å²) in [5, 5.41) is 12.8. The van der Waals surface area contributed by atoms with Crippen LogP contribution in [0.3, 0.4) is 0 Å². The summed E-state index contributed by atoms with van der Waals surface area (Å²) in [7, 11) is 0. The van der Waals surface area contributed by atoms with E-state index >= 15 is 0 Å². The highest BCUT2D eigenvalue weighted by atomic mass is 79.9. The van der Waals surface area contributed by atoms with E-state index in [1.165, 1.54) is 9.20 Å². The summed E-state index contributed by atoms with van der Waals surface area (Å²) in [6, 6.07) is 19.1. The number of hydrogen-bond acceptors (Lipinski definition) is 6. The Labute approximate surface area is 178 Å². The maximum atomic E-state index is 12.8. The fraction of sp³-hybridized carbons (Fsp3) is 0.0952. The Bertz CT molecular complexity index is 1400. The van der Waals surface area contributed by atoms with Crippen molar-refractivity contribution in [3.8, 4) is 22.6 Å². The smallest absolute Gasteiger partial charge is 0.337 e. The van der Waals surface area contributed by atoms with Gasteiger partial charge < -0.3 is 4.52 Å². The molecule has 0 unspecified atom stereocenters. The maximum Gasteiger partial charge on any atom is 0.367 e. The fourth-order valence-corrected chi connectivity index (χ4v) is 3.32. The molecule has 0 aliphatic rings. The standard InChI is InChI=1S/C21H15BrN6O2/c1-13-2-4-14(5-3-13)17-10-11-18-25-27(21(29)28(18)24-17)12-19-23-20(26-30-19)15-6-8-16(22)9-7-15/h2-11H,12H2,1H3. The van der Waals surface area contributed by atoms with Crippen LogP contribution in [-0.4, -0.2) is 29.5 Å². The Hall–Kier alpha value is -3.59. The predicted molar refractivity (Wildman–Crippen MR) is 114 cm³/mol. The van der Waals surface area contributed by atoms with E-state index in [0.29, 0.717) is 17.2 Å². The van der Waals surface area contributed by atoms with Gasteiger partial charge in [0.1, 0.15) is 6.54 Å². The topological polar surface area (TPSA) is 91.1 Å². The van der Waals surface area contributed by atoms with E-state index < -0.39 is 0 Å². The number of aryl methyl sites for hydroxylation is 1. The molecule has 8 nitrogen and oxygen atoms in total. The summed E-state index contributed by atoms with van der Waals surface area (Å²) in [5.41, 5.74) is 3.68. The lowest BCUT2D eigenvalue weighted by Gasteiger charge is -2.01. The van der Waals surface area contributed by atoms with Gasteiger partial charge in [0.25, 0.3) is 0 Å². The molecule has 5 rings (SSSR count). The third kappa shape index (κ3) is 3.43. The molecule has 9 heteroatoms. The van der Waals surface area contributed by atoms with E-state index in [1.807, 2.05) is 61.5 Å². The molecule has 5 aromatic rings. The lowest BCUT2D eigenvalue weighted by molar-refractivity contribution is 0.364. The Kier molecular flexibility index (Phi) is 4.51. The fourth-order valence-electron chi connectivity index (χ4n) is 3.05. The molecule has 0 aliphatic carbocycles. The summed E-state index contributed by atoms with van der Waals surface area (Å²) in [5.74, 6) is 0.742. The average Bonchev–Trinajstić information content (AvgIpc) is 3.34. The third-order valence-corrected chi connectivity index (χ3v) is 5.17. The van der Waals surface area contributed by atoms with Gasteiger partial charge in [0.2, 0.25) is 11.7 Å². The van der Waals surface area contributed by atoms with Crippen LogP contribution in [0.15, 0.2) is 74.5 Å². The van der Waals surface area contributed by atoms with Crippen LogP contribution in [0.4, 0.5) is 0 Å². The van der Waals surface area contributed by atoms with E-state index in [4.69, 9.17) is 4.52 Å². The van der Waals surface area contributed by atoms with Crippen LogP contribution in [0.2, 0.25) is 0 Å². The average molecular weight is 463 g/mol. The summed E-state index contributed by atoms with van der Waals surface area (Å²) < 4.78 is 8.81. The monoisotopic (exact) mass is 462 g/mol. The van der Waals surface area contributed by atoms with Gasteiger partial charge in [-0.15, -0.1) is 5.10 Å². The molecule has 30 heavy (non-hydrogen) atoms. The zero-order valence-electron chi connectivity index (χ0n) is 15.9. The number of rotatable bonds is 4. The van der Waals surface area contributed by atoms with E-state index in [9.17, 15) is 4.79 Å². The second-order valence-electron chi connectivity index (χ2n) is 6.81. The molecule has 0 saturated carbocycles. The van der Waals surface area contributed by atoms with Crippen molar-refractivity contribution in [3.63, 3.8) is 0 Å². The molecule has 0 N–H and O–H groups in total. The second-order valence-corrected chi connectivity index (χ2v) is 7.73. The van der Waals surface area contributed by atoms with Gasteiger partial charge in [-0.1, -0.05) is 50.9 Å². The van der Waals surface area contributed by atoms with Crippen LogP contribution in [0.1, 0.15) is 11.5 Å². The van der Waals surface area contributed by atoms with E-state index in [2.05, 4.69) is 36.3 Å². The quantitative estimate of drug-likeness (QED) is 0.404. The van der Waals surface area contributed by atoms with Crippen molar-refractivity contribution in [1.82, 2.24) is 29.5 Å². The maximum absolute atomic E-state index is 12.8. The second kappa shape index (κ2) is 7.34. The molecule has 0 bridgehead atoms. The first kappa shape index (κ1) is 18.4. The SMILES string of the molecule is Cc1ccc(-c2ccc3nn(Cc4nc(-c5ccc(Br)cc5)no4)c(=O)n3n2)cc1. The molecule has 0 saturated heterocycles. The summed E-state index contributed by atoms with van der Waals surface area (Å²) in [6.07, 6.45) is 0. The molecule has 2 aromatic carbocycles. The first-order chi connectivity index (χ1) is 14.6. The Morgan fingerprint density at radius 3 is 2.43 bits per heavy atom. The van der Waals surface area contributed by atoms with Gasteiger partial charge in [-0.25, -0.2) is 9.48 Å². The van der Waals surface area contributed by atoms with Gasteiger partial charge in [0.15, 0.2) is 5.65 Å². The van der Waals surface area contributed by atoms with Crippen molar-refractivity contribution in [2.45, 2.75) is 13.5 Å². The van der Waals surface area contributed by atoms with E-state index in [-0.39, 0.29) is 18.1 Å².